The quantitative estimate of drug-likeness (QED) is 0.402. The minimum atomic E-state index is -4.98. The van der Waals surface area contributed by atoms with E-state index < -0.39 is 59.9 Å². The van der Waals surface area contributed by atoms with Crippen LogP contribution in [0.3, 0.4) is 0 Å². The summed E-state index contributed by atoms with van der Waals surface area (Å²) in [5, 5.41) is 6.10. The van der Waals surface area contributed by atoms with Crippen molar-refractivity contribution in [2.75, 3.05) is 4.90 Å². The Morgan fingerprint density at radius 2 is 1.83 bits per heavy atom. The molecule has 1 aliphatic rings. The fourth-order valence-electron chi connectivity index (χ4n) is 3.82. The molecule has 0 aliphatic heterocycles. The van der Waals surface area contributed by atoms with Gasteiger partial charge < -0.3 is 14.6 Å². The molecule has 2 amide bonds. The number of hydrogen-bond acceptors (Lipinski definition) is 5. The molecule has 1 N–H and O–H groups in total. The molecule has 3 rings (SSSR count). The van der Waals surface area contributed by atoms with Gasteiger partial charge in [-0.15, -0.1) is 13.2 Å². The lowest BCUT2D eigenvalue weighted by molar-refractivity contribution is -0.274. The number of hydrogen-bond donors (Lipinski definition) is 1. The summed E-state index contributed by atoms with van der Waals surface area (Å²) in [7, 11) is 0. The van der Waals surface area contributed by atoms with E-state index in [1.54, 1.807) is 0 Å². The van der Waals surface area contributed by atoms with E-state index in [0.29, 0.717) is 4.90 Å². The number of alkyl halides is 7. The van der Waals surface area contributed by atoms with Crippen LogP contribution in [-0.2, 0) is 15.1 Å². The minimum Gasteiger partial charge on any atom is -0.406 e. The number of carbonyl (C=O) groups is 2. The first-order valence-corrected chi connectivity index (χ1v) is 10.7. The topological polar surface area (TPSA) is 84.7 Å². The zero-order valence-corrected chi connectivity index (χ0v) is 18.9. The van der Waals surface area contributed by atoms with Gasteiger partial charge in [-0.1, -0.05) is 16.8 Å². The molecule has 0 saturated heterocycles. The fraction of sp³-hybridized carbons (Fsp3) is 0.476. The number of carbonyl (C=O) groups excluding carboxylic acids is 2. The molecule has 2 aromatic rings. The van der Waals surface area contributed by atoms with Crippen LogP contribution < -0.4 is 15.0 Å². The molecule has 7 nitrogen and oxygen atoms in total. The van der Waals surface area contributed by atoms with Gasteiger partial charge in [-0.3, -0.25) is 14.5 Å². The molecule has 0 spiro atoms. The third-order valence-electron chi connectivity index (χ3n) is 5.67. The van der Waals surface area contributed by atoms with Crippen molar-refractivity contribution in [3.05, 3.63) is 42.3 Å². The Balaban J connectivity index is 2.00. The van der Waals surface area contributed by atoms with Gasteiger partial charge >= 0.3 is 6.36 Å². The number of anilines is 1. The molecular formula is C21H20ClF6N3O4. The highest BCUT2D eigenvalue weighted by atomic mass is 35.5. The number of halogens is 7. The van der Waals surface area contributed by atoms with Gasteiger partial charge in [-0.05, 0) is 44.0 Å². The first-order valence-electron chi connectivity index (χ1n) is 10.3. The van der Waals surface area contributed by atoms with E-state index in [2.05, 4.69) is 15.2 Å². The third-order valence-corrected chi connectivity index (χ3v) is 5.86. The summed E-state index contributed by atoms with van der Waals surface area (Å²) in [6.07, 6.45) is -3.90. The summed E-state index contributed by atoms with van der Waals surface area (Å²) in [6, 6.07) is 3.05. The number of aromatic nitrogens is 1. The summed E-state index contributed by atoms with van der Waals surface area (Å²) < 4.78 is 87.2. The van der Waals surface area contributed by atoms with E-state index >= 15 is 0 Å². The predicted octanol–water partition coefficient (Wildman–Crippen LogP) is 5.05. The fourth-order valence-corrected chi connectivity index (χ4v) is 3.92. The number of nitrogens with zero attached hydrogens (tertiary/aromatic N) is 2. The molecule has 14 heteroatoms. The Labute approximate surface area is 200 Å². The first kappa shape index (κ1) is 26.6. The van der Waals surface area contributed by atoms with Gasteiger partial charge in [0.2, 0.25) is 5.92 Å². The summed E-state index contributed by atoms with van der Waals surface area (Å²) in [6.45, 7) is 1.21. The number of nitrogens with one attached hydrogen (secondary N) is 1. The maximum atomic E-state index is 14.1. The lowest BCUT2D eigenvalue weighted by Crippen LogP contribution is -2.60. The maximum Gasteiger partial charge on any atom is 0.573 e. The van der Waals surface area contributed by atoms with Gasteiger partial charge in [0.15, 0.2) is 5.54 Å². The van der Waals surface area contributed by atoms with Gasteiger partial charge in [-0.2, -0.15) is 0 Å². The summed E-state index contributed by atoms with van der Waals surface area (Å²) in [5.74, 6) is -5.79. The Bertz CT molecular complexity index is 1020. The molecule has 1 aliphatic carbocycles. The lowest BCUT2D eigenvalue weighted by atomic mass is 9.87. The Morgan fingerprint density at radius 3 is 2.31 bits per heavy atom. The number of rotatable bonds is 7. The van der Waals surface area contributed by atoms with Crippen LogP contribution in [0, 0.1) is 0 Å². The largest absolute Gasteiger partial charge is 0.573 e. The molecule has 1 aromatic heterocycles. The zero-order chi connectivity index (χ0) is 26.0. The molecular weight excluding hydrogens is 508 g/mol. The van der Waals surface area contributed by atoms with Crippen molar-refractivity contribution in [2.45, 2.75) is 62.1 Å². The van der Waals surface area contributed by atoms with Crippen LogP contribution in [0.5, 0.6) is 5.75 Å². The van der Waals surface area contributed by atoms with Crippen molar-refractivity contribution >= 4 is 29.1 Å². The first-order chi connectivity index (χ1) is 16.2. The third kappa shape index (κ3) is 6.19. The highest BCUT2D eigenvalue weighted by Gasteiger charge is 2.49. The van der Waals surface area contributed by atoms with Crippen LogP contribution in [0.15, 0.2) is 41.2 Å². The van der Waals surface area contributed by atoms with E-state index in [1.807, 2.05) is 0 Å². The molecule has 1 saturated carbocycles. The van der Waals surface area contributed by atoms with Crippen molar-refractivity contribution in [2.24, 2.45) is 0 Å². The second-order valence-electron chi connectivity index (χ2n) is 8.11. The SMILES string of the molecule is C[C@@](C(=O)NC1CCC(F)(F)CC1)(c1cnoc1)N(C(=O)[C@H](F)Cl)c1ccc(OC(F)(F)F)cc1. The van der Waals surface area contributed by atoms with Crippen LogP contribution in [0.25, 0.3) is 0 Å². The molecule has 0 bridgehead atoms. The molecule has 1 aromatic carbocycles. The molecule has 0 unspecified atom stereocenters. The highest BCUT2D eigenvalue weighted by molar-refractivity contribution is 6.32. The van der Waals surface area contributed by atoms with Gasteiger partial charge in [0.25, 0.3) is 17.4 Å². The molecule has 2 atom stereocenters. The zero-order valence-electron chi connectivity index (χ0n) is 18.1. The van der Waals surface area contributed by atoms with Crippen molar-refractivity contribution in [3.8, 4) is 5.75 Å². The lowest BCUT2D eigenvalue weighted by Gasteiger charge is -2.40. The van der Waals surface area contributed by atoms with Crippen molar-refractivity contribution < 1.29 is 45.2 Å². The summed E-state index contributed by atoms with van der Waals surface area (Å²) in [4.78, 5) is 27.0. The van der Waals surface area contributed by atoms with Crippen molar-refractivity contribution in [1.82, 2.24) is 10.5 Å². The van der Waals surface area contributed by atoms with Crippen molar-refractivity contribution in [3.63, 3.8) is 0 Å². The van der Waals surface area contributed by atoms with E-state index in [1.165, 1.54) is 6.92 Å². The standard InChI is InChI=1S/C21H20ClF6N3O4/c1-19(12-10-29-34-11-12,18(33)30-13-6-8-20(24,25)9-7-13)31(17(32)16(22)23)14-2-4-15(5-3-14)35-21(26,27)28/h2-5,10-11,13,16H,6-9H2,1H3,(H,30,33)/t16-,19-/m0/s1. The molecule has 0 radical (unpaired) electrons. The van der Waals surface area contributed by atoms with E-state index in [-0.39, 0.29) is 24.1 Å². The Kier molecular flexibility index (Phi) is 7.58. The van der Waals surface area contributed by atoms with E-state index in [9.17, 15) is 35.9 Å². The van der Waals surface area contributed by atoms with Crippen molar-refractivity contribution in [1.29, 1.82) is 0 Å². The van der Waals surface area contributed by atoms with Gasteiger partial charge in [0, 0.05) is 30.1 Å². The van der Waals surface area contributed by atoms with Crippen LogP contribution in [-0.4, -0.2) is 40.9 Å². The average Bonchev–Trinajstić information content (AvgIpc) is 3.30. The molecule has 192 valence electrons. The smallest absolute Gasteiger partial charge is 0.406 e. The normalized spacial score (nSPS) is 18.9. The monoisotopic (exact) mass is 527 g/mol. The Hall–Kier alpha value is -2.96. The summed E-state index contributed by atoms with van der Waals surface area (Å²) in [5.41, 5.74) is -4.95. The van der Waals surface area contributed by atoms with Crippen LogP contribution in [0.1, 0.15) is 38.2 Å². The number of ether oxygens (including phenoxy) is 1. The Morgan fingerprint density at radius 1 is 1.23 bits per heavy atom. The highest BCUT2D eigenvalue weighted by Crippen LogP contribution is 2.38. The minimum absolute atomic E-state index is 0.0302. The van der Waals surface area contributed by atoms with Gasteiger partial charge in [0.05, 0.1) is 6.20 Å². The van der Waals surface area contributed by atoms with Crippen LogP contribution in [0.2, 0.25) is 0 Å². The van der Waals surface area contributed by atoms with Crippen LogP contribution in [0.4, 0.5) is 32.0 Å². The molecule has 1 heterocycles. The summed E-state index contributed by atoms with van der Waals surface area (Å²) >= 11 is 5.40. The van der Waals surface area contributed by atoms with Gasteiger partial charge in [0.1, 0.15) is 12.0 Å². The van der Waals surface area contributed by atoms with E-state index in [4.69, 9.17) is 16.1 Å². The number of amides is 2. The van der Waals surface area contributed by atoms with Gasteiger partial charge in [-0.25, -0.2) is 13.2 Å². The molecule has 35 heavy (non-hydrogen) atoms. The second kappa shape index (κ2) is 9.96. The maximum absolute atomic E-state index is 14.1. The number of benzene rings is 1. The van der Waals surface area contributed by atoms with Crippen LogP contribution >= 0.6 is 11.6 Å². The average molecular weight is 528 g/mol. The van der Waals surface area contributed by atoms with E-state index in [0.717, 1.165) is 36.7 Å². The second-order valence-corrected chi connectivity index (χ2v) is 8.49. The molecule has 1 fully saturated rings. The predicted molar refractivity (Wildman–Crippen MR) is 111 cm³/mol.